The zero-order valence-corrected chi connectivity index (χ0v) is 8.81. The van der Waals surface area contributed by atoms with E-state index in [0.29, 0.717) is 6.42 Å². The number of benzene rings is 1. The maximum Gasteiger partial charge on any atom is 0.143 e. The Labute approximate surface area is 89.4 Å². The molecule has 0 aromatic heterocycles. The molecule has 82 valence electrons. The van der Waals surface area contributed by atoms with Gasteiger partial charge in [-0.25, -0.2) is 0 Å². The van der Waals surface area contributed by atoms with Crippen LogP contribution in [0.15, 0.2) is 29.4 Å². The summed E-state index contributed by atoms with van der Waals surface area (Å²) in [5.41, 5.74) is 6.39. The quantitative estimate of drug-likeness (QED) is 0.335. The van der Waals surface area contributed by atoms with Gasteiger partial charge in [-0.2, -0.15) is 0 Å². The summed E-state index contributed by atoms with van der Waals surface area (Å²) >= 11 is 0. The molecule has 1 rings (SSSR count). The van der Waals surface area contributed by atoms with Crippen molar-refractivity contribution in [2.75, 3.05) is 6.61 Å². The van der Waals surface area contributed by atoms with Gasteiger partial charge in [-0.05, 0) is 24.1 Å². The highest BCUT2D eigenvalue weighted by Gasteiger charge is 1.98. The first-order valence-electron chi connectivity index (χ1n) is 4.94. The largest absolute Gasteiger partial charge is 0.494 e. The summed E-state index contributed by atoms with van der Waals surface area (Å²) in [6.45, 7) is 2.78. The Morgan fingerprint density at radius 1 is 1.40 bits per heavy atom. The van der Waals surface area contributed by atoms with Gasteiger partial charge in [0.2, 0.25) is 0 Å². The lowest BCUT2D eigenvalue weighted by Gasteiger charge is -2.05. The van der Waals surface area contributed by atoms with Crippen molar-refractivity contribution in [2.45, 2.75) is 19.8 Å². The number of nitrogens with zero attached hydrogens (tertiary/aromatic N) is 1. The number of hydrogen-bond donors (Lipinski definition) is 2. The minimum Gasteiger partial charge on any atom is -0.494 e. The van der Waals surface area contributed by atoms with Crippen LogP contribution in [0.1, 0.15) is 18.9 Å². The topological polar surface area (TPSA) is 67.8 Å². The third-order valence-electron chi connectivity index (χ3n) is 1.91. The zero-order valence-electron chi connectivity index (χ0n) is 8.81. The van der Waals surface area contributed by atoms with Gasteiger partial charge >= 0.3 is 0 Å². The number of ether oxygens (including phenoxy) is 1. The predicted octanol–water partition coefficient (Wildman–Crippen LogP) is 1.76. The molecule has 1 aromatic rings. The Morgan fingerprint density at radius 2 is 2.07 bits per heavy atom. The van der Waals surface area contributed by atoms with Gasteiger partial charge in [0.25, 0.3) is 0 Å². The van der Waals surface area contributed by atoms with E-state index in [1.165, 1.54) is 0 Å². The average Bonchev–Trinajstić information content (AvgIpc) is 2.28. The standard InChI is InChI=1S/C11H16N2O2/c1-2-7-15-10-5-3-9(4-6-10)8-11(12)13-14/h3-6,14H,2,7-8H2,1H3,(H2,12,13). The van der Waals surface area contributed by atoms with Crippen LogP contribution in [-0.2, 0) is 6.42 Å². The first-order valence-corrected chi connectivity index (χ1v) is 4.94. The van der Waals surface area contributed by atoms with E-state index < -0.39 is 0 Å². The van der Waals surface area contributed by atoms with E-state index >= 15 is 0 Å². The van der Waals surface area contributed by atoms with Gasteiger partial charge in [0.05, 0.1) is 6.61 Å². The summed E-state index contributed by atoms with van der Waals surface area (Å²) in [4.78, 5) is 0. The van der Waals surface area contributed by atoms with Crippen molar-refractivity contribution < 1.29 is 9.94 Å². The van der Waals surface area contributed by atoms with Crippen LogP contribution in [0.2, 0.25) is 0 Å². The van der Waals surface area contributed by atoms with Gasteiger partial charge in [-0.3, -0.25) is 0 Å². The van der Waals surface area contributed by atoms with E-state index in [9.17, 15) is 0 Å². The highest BCUT2D eigenvalue weighted by molar-refractivity contribution is 5.81. The Hall–Kier alpha value is -1.71. The van der Waals surface area contributed by atoms with Crippen LogP contribution in [0.3, 0.4) is 0 Å². The van der Waals surface area contributed by atoms with Crippen LogP contribution in [0.25, 0.3) is 0 Å². The summed E-state index contributed by atoms with van der Waals surface area (Å²) in [5.74, 6) is 1.05. The van der Waals surface area contributed by atoms with E-state index in [-0.39, 0.29) is 5.84 Å². The molecule has 0 aliphatic heterocycles. The van der Waals surface area contributed by atoms with Crippen molar-refractivity contribution in [3.63, 3.8) is 0 Å². The third kappa shape index (κ3) is 3.89. The normalized spacial score (nSPS) is 11.4. The molecule has 0 heterocycles. The van der Waals surface area contributed by atoms with E-state index in [4.69, 9.17) is 15.7 Å². The summed E-state index contributed by atoms with van der Waals surface area (Å²) in [6.07, 6.45) is 1.44. The Morgan fingerprint density at radius 3 is 2.60 bits per heavy atom. The molecule has 4 heteroatoms. The van der Waals surface area contributed by atoms with Gasteiger partial charge in [0.15, 0.2) is 0 Å². The Kier molecular flexibility index (Phi) is 4.47. The molecule has 0 saturated carbocycles. The smallest absolute Gasteiger partial charge is 0.143 e. The first kappa shape index (κ1) is 11.4. The van der Waals surface area contributed by atoms with Gasteiger partial charge < -0.3 is 15.7 Å². The second-order valence-electron chi connectivity index (χ2n) is 3.26. The molecule has 3 N–H and O–H groups in total. The SMILES string of the molecule is CCCOc1ccc(C/C(N)=N/O)cc1. The molecule has 0 atom stereocenters. The molecule has 0 fully saturated rings. The van der Waals surface area contributed by atoms with E-state index in [2.05, 4.69) is 12.1 Å². The molecule has 0 unspecified atom stereocenters. The minimum atomic E-state index is 0.206. The van der Waals surface area contributed by atoms with E-state index in [0.717, 1.165) is 24.3 Å². The minimum absolute atomic E-state index is 0.206. The molecule has 0 radical (unpaired) electrons. The summed E-state index contributed by atoms with van der Waals surface area (Å²) < 4.78 is 5.43. The summed E-state index contributed by atoms with van der Waals surface area (Å²) in [6, 6.07) is 7.58. The highest BCUT2D eigenvalue weighted by Crippen LogP contribution is 2.12. The maximum absolute atomic E-state index is 8.41. The van der Waals surface area contributed by atoms with E-state index in [1.54, 1.807) is 0 Å². The fourth-order valence-electron chi connectivity index (χ4n) is 1.17. The molecule has 4 nitrogen and oxygen atoms in total. The van der Waals surface area contributed by atoms with Crippen LogP contribution >= 0.6 is 0 Å². The predicted molar refractivity (Wildman–Crippen MR) is 59.3 cm³/mol. The van der Waals surface area contributed by atoms with Crippen molar-refractivity contribution in [1.29, 1.82) is 0 Å². The van der Waals surface area contributed by atoms with Gasteiger partial charge in [0, 0.05) is 6.42 Å². The van der Waals surface area contributed by atoms with Crippen LogP contribution in [0, 0.1) is 0 Å². The van der Waals surface area contributed by atoms with Gasteiger partial charge in [0.1, 0.15) is 11.6 Å². The van der Waals surface area contributed by atoms with Crippen LogP contribution in [0.4, 0.5) is 0 Å². The molecule has 0 bridgehead atoms. The van der Waals surface area contributed by atoms with Crippen molar-refractivity contribution in [3.05, 3.63) is 29.8 Å². The van der Waals surface area contributed by atoms with Crippen molar-refractivity contribution in [1.82, 2.24) is 0 Å². The highest BCUT2D eigenvalue weighted by atomic mass is 16.5. The molecule has 15 heavy (non-hydrogen) atoms. The second-order valence-corrected chi connectivity index (χ2v) is 3.26. The molecular formula is C11H16N2O2. The lowest BCUT2D eigenvalue weighted by atomic mass is 10.1. The molecule has 0 aliphatic rings. The Bertz CT molecular complexity index is 320. The van der Waals surface area contributed by atoms with Crippen LogP contribution in [-0.4, -0.2) is 17.6 Å². The summed E-state index contributed by atoms with van der Waals surface area (Å²) in [5, 5.41) is 11.3. The average molecular weight is 208 g/mol. The molecule has 0 spiro atoms. The molecular weight excluding hydrogens is 192 g/mol. The lowest BCUT2D eigenvalue weighted by Crippen LogP contribution is -2.14. The molecule has 0 amide bonds. The number of nitrogens with two attached hydrogens (primary N) is 1. The Balaban J connectivity index is 2.56. The van der Waals surface area contributed by atoms with Gasteiger partial charge in [-0.15, -0.1) is 0 Å². The molecule has 1 aromatic carbocycles. The van der Waals surface area contributed by atoms with Crippen molar-refractivity contribution in [2.24, 2.45) is 10.9 Å². The number of rotatable bonds is 5. The van der Waals surface area contributed by atoms with Crippen LogP contribution in [0.5, 0.6) is 5.75 Å². The lowest BCUT2D eigenvalue weighted by molar-refractivity contribution is 0.317. The number of amidine groups is 1. The molecule has 0 saturated heterocycles. The van der Waals surface area contributed by atoms with Crippen molar-refractivity contribution >= 4 is 5.84 Å². The van der Waals surface area contributed by atoms with Gasteiger partial charge in [-0.1, -0.05) is 24.2 Å². The van der Waals surface area contributed by atoms with Crippen LogP contribution < -0.4 is 10.5 Å². The van der Waals surface area contributed by atoms with Crippen molar-refractivity contribution in [3.8, 4) is 5.75 Å². The zero-order chi connectivity index (χ0) is 11.1. The third-order valence-corrected chi connectivity index (χ3v) is 1.91. The number of hydrogen-bond acceptors (Lipinski definition) is 3. The summed E-state index contributed by atoms with van der Waals surface area (Å²) in [7, 11) is 0. The maximum atomic E-state index is 8.41. The monoisotopic (exact) mass is 208 g/mol. The fraction of sp³-hybridized carbons (Fsp3) is 0.364. The fourth-order valence-corrected chi connectivity index (χ4v) is 1.17. The number of oxime groups is 1. The molecule has 0 aliphatic carbocycles. The first-order chi connectivity index (χ1) is 7.26. The van der Waals surface area contributed by atoms with E-state index in [1.807, 2.05) is 24.3 Å². The second kappa shape index (κ2) is 5.90.